The van der Waals surface area contributed by atoms with Gasteiger partial charge in [-0.05, 0) is 38.1 Å². The molecule has 3 atom stereocenters. The van der Waals surface area contributed by atoms with E-state index in [1.54, 1.807) is 0 Å². The van der Waals surface area contributed by atoms with Crippen LogP contribution in [0, 0.1) is 23.2 Å². The molecule has 0 amide bonds. The van der Waals surface area contributed by atoms with Crippen LogP contribution in [-0.4, -0.2) is 12.6 Å². The van der Waals surface area contributed by atoms with Crippen molar-refractivity contribution in [1.82, 2.24) is 5.32 Å². The standard InChI is InChI=1S/C11H20N2/c1-9-4-3-5-11(6-9)8-13-10(2)7-12/h9-11,13H,3-6,8H2,1-2H3. The fourth-order valence-corrected chi connectivity index (χ4v) is 2.13. The average molecular weight is 180 g/mol. The summed E-state index contributed by atoms with van der Waals surface area (Å²) in [7, 11) is 0. The summed E-state index contributed by atoms with van der Waals surface area (Å²) in [6, 6.07) is 2.22. The van der Waals surface area contributed by atoms with Gasteiger partial charge in [0.25, 0.3) is 0 Å². The molecule has 1 aliphatic carbocycles. The lowest BCUT2D eigenvalue weighted by molar-refractivity contribution is 0.272. The van der Waals surface area contributed by atoms with E-state index in [0.29, 0.717) is 0 Å². The van der Waals surface area contributed by atoms with Gasteiger partial charge in [0.1, 0.15) is 0 Å². The van der Waals surface area contributed by atoms with Crippen LogP contribution in [0.15, 0.2) is 0 Å². The van der Waals surface area contributed by atoms with E-state index in [0.717, 1.165) is 18.4 Å². The Labute approximate surface area is 81.3 Å². The number of hydrogen-bond acceptors (Lipinski definition) is 2. The summed E-state index contributed by atoms with van der Waals surface area (Å²) in [4.78, 5) is 0. The first-order chi connectivity index (χ1) is 6.22. The molecule has 74 valence electrons. The maximum atomic E-state index is 8.60. The van der Waals surface area contributed by atoms with Crippen LogP contribution < -0.4 is 5.32 Å². The molecule has 2 nitrogen and oxygen atoms in total. The number of rotatable bonds is 3. The van der Waals surface area contributed by atoms with Crippen LogP contribution in [0.1, 0.15) is 39.5 Å². The van der Waals surface area contributed by atoms with E-state index in [9.17, 15) is 0 Å². The molecule has 0 aliphatic heterocycles. The highest BCUT2D eigenvalue weighted by atomic mass is 14.9. The van der Waals surface area contributed by atoms with Crippen molar-refractivity contribution in [1.29, 1.82) is 5.26 Å². The molecule has 3 unspecified atom stereocenters. The first-order valence-corrected chi connectivity index (χ1v) is 5.35. The molecule has 1 aliphatic rings. The predicted octanol–water partition coefficient (Wildman–Crippen LogP) is 2.31. The second kappa shape index (κ2) is 5.24. The van der Waals surface area contributed by atoms with E-state index in [4.69, 9.17) is 5.26 Å². The fraction of sp³-hybridized carbons (Fsp3) is 0.909. The molecule has 0 radical (unpaired) electrons. The van der Waals surface area contributed by atoms with Gasteiger partial charge in [-0.1, -0.05) is 19.8 Å². The molecule has 0 spiro atoms. The molecule has 1 fully saturated rings. The lowest BCUT2D eigenvalue weighted by atomic mass is 9.82. The van der Waals surface area contributed by atoms with Crippen molar-refractivity contribution in [2.75, 3.05) is 6.54 Å². The molecule has 0 saturated heterocycles. The van der Waals surface area contributed by atoms with Gasteiger partial charge in [-0.15, -0.1) is 0 Å². The van der Waals surface area contributed by atoms with E-state index in [1.807, 2.05) is 6.92 Å². The van der Waals surface area contributed by atoms with Gasteiger partial charge in [0.2, 0.25) is 0 Å². The highest BCUT2D eigenvalue weighted by molar-refractivity contribution is 4.86. The Balaban J connectivity index is 2.17. The zero-order valence-corrected chi connectivity index (χ0v) is 8.71. The van der Waals surface area contributed by atoms with Gasteiger partial charge in [0.15, 0.2) is 0 Å². The minimum Gasteiger partial charge on any atom is -0.302 e. The molecular weight excluding hydrogens is 160 g/mol. The number of nitriles is 1. The van der Waals surface area contributed by atoms with Crippen LogP contribution in [0.5, 0.6) is 0 Å². The Morgan fingerprint density at radius 2 is 2.31 bits per heavy atom. The predicted molar refractivity (Wildman–Crippen MR) is 54.2 cm³/mol. The van der Waals surface area contributed by atoms with Crippen LogP contribution in [0.25, 0.3) is 0 Å². The summed E-state index contributed by atoms with van der Waals surface area (Å²) in [5.74, 6) is 1.69. The van der Waals surface area contributed by atoms with E-state index in [-0.39, 0.29) is 6.04 Å². The molecule has 2 heteroatoms. The second-order valence-corrected chi connectivity index (χ2v) is 4.40. The minimum atomic E-state index is 0.0113. The van der Waals surface area contributed by atoms with Gasteiger partial charge in [-0.3, -0.25) is 0 Å². The quantitative estimate of drug-likeness (QED) is 0.723. The molecule has 0 aromatic heterocycles. The minimum absolute atomic E-state index is 0.0113. The molecule has 0 aromatic rings. The number of nitrogens with zero attached hydrogens (tertiary/aromatic N) is 1. The first kappa shape index (κ1) is 10.5. The molecule has 1 N–H and O–H groups in total. The third kappa shape index (κ3) is 3.78. The zero-order valence-electron chi connectivity index (χ0n) is 8.71. The zero-order chi connectivity index (χ0) is 9.68. The maximum absolute atomic E-state index is 8.60. The van der Waals surface area contributed by atoms with Crippen molar-refractivity contribution in [3.8, 4) is 6.07 Å². The highest BCUT2D eigenvalue weighted by Crippen LogP contribution is 2.27. The van der Waals surface area contributed by atoms with Gasteiger partial charge in [-0.25, -0.2) is 0 Å². The van der Waals surface area contributed by atoms with Crippen molar-refractivity contribution in [3.63, 3.8) is 0 Å². The summed E-state index contributed by atoms with van der Waals surface area (Å²) in [6.07, 6.45) is 5.44. The molecule has 0 bridgehead atoms. The van der Waals surface area contributed by atoms with Gasteiger partial charge in [0.05, 0.1) is 12.1 Å². The van der Waals surface area contributed by atoms with Crippen LogP contribution >= 0.6 is 0 Å². The Hall–Kier alpha value is -0.550. The van der Waals surface area contributed by atoms with E-state index in [1.165, 1.54) is 25.7 Å². The SMILES string of the molecule is CC1CCCC(CNC(C)C#N)C1. The van der Waals surface area contributed by atoms with E-state index >= 15 is 0 Å². The number of hydrogen-bond donors (Lipinski definition) is 1. The van der Waals surface area contributed by atoms with Gasteiger partial charge >= 0.3 is 0 Å². The molecule has 0 aromatic carbocycles. The van der Waals surface area contributed by atoms with Crippen LogP contribution in [-0.2, 0) is 0 Å². The largest absolute Gasteiger partial charge is 0.302 e. The van der Waals surface area contributed by atoms with Gasteiger partial charge < -0.3 is 5.32 Å². The summed E-state index contributed by atoms with van der Waals surface area (Å²) in [6.45, 7) is 5.28. The lowest BCUT2D eigenvalue weighted by Crippen LogP contribution is -2.32. The van der Waals surface area contributed by atoms with Crippen molar-refractivity contribution < 1.29 is 0 Å². The maximum Gasteiger partial charge on any atom is 0.0924 e. The van der Waals surface area contributed by atoms with Crippen molar-refractivity contribution in [3.05, 3.63) is 0 Å². The van der Waals surface area contributed by atoms with Crippen molar-refractivity contribution in [2.45, 2.75) is 45.6 Å². The topological polar surface area (TPSA) is 35.8 Å². The first-order valence-electron chi connectivity index (χ1n) is 5.35. The average Bonchev–Trinajstić information content (AvgIpc) is 2.14. The Morgan fingerprint density at radius 3 is 2.92 bits per heavy atom. The van der Waals surface area contributed by atoms with Crippen molar-refractivity contribution >= 4 is 0 Å². The Kier molecular flexibility index (Phi) is 4.24. The van der Waals surface area contributed by atoms with Crippen molar-refractivity contribution in [2.24, 2.45) is 11.8 Å². The van der Waals surface area contributed by atoms with Crippen LogP contribution in [0.3, 0.4) is 0 Å². The summed E-state index contributed by atoms with van der Waals surface area (Å²) < 4.78 is 0. The van der Waals surface area contributed by atoms with Crippen LogP contribution in [0.4, 0.5) is 0 Å². The third-order valence-electron chi connectivity index (χ3n) is 2.95. The van der Waals surface area contributed by atoms with Gasteiger partial charge in [0, 0.05) is 0 Å². The molecular formula is C11H20N2. The lowest BCUT2D eigenvalue weighted by Gasteiger charge is -2.27. The van der Waals surface area contributed by atoms with Gasteiger partial charge in [-0.2, -0.15) is 5.26 Å². The molecule has 1 saturated carbocycles. The van der Waals surface area contributed by atoms with E-state index < -0.39 is 0 Å². The normalized spacial score (nSPS) is 30.8. The molecule has 1 rings (SSSR count). The fourth-order valence-electron chi connectivity index (χ4n) is 2.13. The smallest absolute Gasteiger partial charge is 0.0924 e. The second-order valence-electron chi connectivity index (χ2n) is 4.40. The highest BCUT2D eigenvalue weighted by Gasteiger charge is 2.18. The molecule has 13 heavy (non-hydrogen) atoms. The summed E-state index contributed by atoms with van der Waals surface area (Å²) in [5, 5.41) is 11.9. The molecule has 0 heterocycles. The van der Waals surface area contributed by atoms with E-state index in [2.05, 4.69) is 18.3 Å². The van der Waals surface area contributed by atoms with Crippen LogP contribution in [0.2, 0.25) is 0 Å². The summed E-state index contributed by atoms with van der Waals surface area (Å²) in [5.41, 5.74) is 0. The number of nitrogens with one attached hydrogen (secondary N) is 1. The summed E-state index contributed by atoms with van der Waals surface area (Å²) >= 11 is 0. The monoisotopic (exact) mass is 180 g/mol. The Bertz CT molecular complexity index is 183. The third-order valence-corrected chi connectivity index (χ3v) is 2.95. The Morgan fingerprint density at radius 1 is 1.54 bits per heavy atom.